The number of hydrogen-bond donors (Lipinski definition) is 1. The molecule has 2 heterocycles. The average molecular weight is 310 g/mol. The zero-order valence-corrected chi connectivity index (χ0v) is 12.8. The fraction of sp³-hybridized carbons (Fsp3) is 0.118. The van der Waals surface area contributed by atoms with Crippen LogP contribution in [0.15, 0.2) is 48.7 Å². The molecule has 1 aromatic carbocycles. The largest absolute Gasteiger partial charge is 0.481 e. The molecule has 0 radical (unpaired) electrons. The van der Waals surface area contributed by atoms with Crippen LogP contribution in [0.4, 0.5) is 0 Å². The fourth-order valence-corrected chi connectivity index (χ4v) is 3.08. The van der Waals surface area contributed by atoms with Crippen LogP contribution >= 0.6 is 11.3 Å². The van der Waals surface area contributed by atoms with Gasteiger partial charge in [0.25, 0.3) is 0 Å². The van der Waals surface area contributed by atoms with Crippen molar-refractivity contribution in [3.8, 4) is 21.8 Å². The quantitative estimate of drug-likeness (QED) is 0.796. The Kier molecular flexibility index (Phi) is 3.98. The molecule has 0 aliphatic carbocycles. The summed E-state index contributed by atoms with van der Waals surface area (Å²) < 4.78 is 0. The van der Waals surface area contributed by atoms with Crippen molar-refractivity contribution in [3.63, 3.8) is 0 Å². The summed E-state index contributed by atoms with van der Waals surface area (Å²) in [7, 11) is 0. The first-order chi connectivity index (χ1) is 10.6. The second kappa shape index (κ2) is 6.07. The van der Waals surface area contributed by atoms with Gasteiger partial charge in [0, 0.05) is 22.2 Å². The van der Waals surface area contributed by atoms with Crippen molar-refractivity contribution < 1.29 is 9.90 Å². The molecule has 5 heteroatoms. The molecule has 1 N–H and O–H groups in total. The average Bonchev–Trinajstić information content (AvgIpc) is 2.89. The number of nitrogens with zero attached hydrogens (tertiary/aromatic N) is 2. The number of pyridine rings is 1. The summed E-state index contributed by atoms with van der Waals surface area (Å²) in [6.07, 6.45) is 1.74. The minimum Gasteiger partial charge on any atom is -0.481 e. The van der Waals surface area contributed by atoms with E-state index in [9.17, 15) is 4.79 Å². The molecule has 0 aliphatic heterocycles. The number of aliphatic carboxylic acids is 1. The summed E-state index contributed by atoms with van der Waals surface area (Å²) in [6, 6.07) is 13.9. The Bertz CT molecular complexity index is 795. The third kappa shape index (κ3) is 3.04. The molecule has 0 unspecified atom stereocenters. The molecule has 22 heavy (non-hydrogen) atoms. The van der Waals surface area contributed by atoms with Gasteiger partial charge in [-0.25, -0.2) is 4.98 Å². The van der Waals surface area contributed by atoms with Gasteiger partial charge in [-0.05, 0) is 19.1 Å². The molecule has 0 spiro atoms. The second-order valence-corrected chi connectivity index (χ2v) is 6.09. The smallest absolute Gasteiger partial charge is 0.309 e. The van der Waals surface area contributed by atoms with Gasteiger partial charge in [-0.1, -0.05) is 30.3 Å². The third-order valence-corrected chi connectivity index (χ3v) is 4.35. The van der Waals surface area contributed by atoms with E-state index in [-0.39, 0.29) is 6.42 Å². The van der Waals surface area contributed by atoms with Crippen LogP contribution < -0.4 is 0 Å². The number of carbonyl (C=O) groups is 1. The monoisotopic (exact) mass is 310 g/mol. The van der Waals surface area contributed by atoms with Crippen LogP contribution in [0.1, 0.15) is 10.6 Å². The maximum atomic E-state index is 10.8. The molecule has 3 aromatic rings. The highest BCUT2D eigenvalue weighted by atomic mass is 32.1. The number of benzene rings is 1. The lowest BCUT2D eigenvalue weighted by Gasteiger charge is -2.01. The molecule has 0 saturated carbocycles. The fourth-order valence-electron chi connectivity index (χ4n) is 2.16. The van der Waals surface area contributed by atoms with Gasteiger partial charge in [0.2, 0.25) is 0 Å². The van der Waals surface area contributed by atoms with Crippen LogP contribution in [-0.4, -0.2) is 21.0 Å². The van der Waals surface area contributed by atoms with Crippen LogP contribution in [0.25, 0.3) is 21.8 Å². The first-order valence-electron chi connectivity index (χ1n) is 6.83. The summed E-state index contributed by atoms with van der Waals surface area (Å²) in [5.41, 5.74) is 3.50. The van der Waals surface area contributed by atoms with Crippen molar-refractivity contribution in [2.45, 2.75) is 13.3 Å². The first-order valence-corrected chi connectivity index (χ1v) is 7.65. The molecular formula is C17H14N2O2S. The van der Waals surface area contributed by atoms with Crippen molar-refractivity contribution in [2.24, 2.45) is 0 Å². The van der Waals surface area contributed by atoms with E-state index in [0.717, 1.165) is 26.7 Å². The summed E-state index contributed by atoms with van der Waals surface area (Å²) in [5.74, 6) is -0.863. The van der Waals surface area contributed by atoms with Crippen molar-refractivity contribution in [2.75, 3.05) is 0 Å². The number of aromatic nitrogens is 2. The molecule has 0 bridgehead atoms. The van der Waals surface area contributed by atoms with Crippen LogP contribution in [0.5, 0.6) is 0 Å². The maximum absolute atomic E-state index is 10.8. The van der Waals surface area contributed by atoms with Crippen molar-refractivity contribution in [3.05, 3.63) is 59.2 Å². The van der Waals surface area contributed by atoms with E-state index in [1.54, 1.807) is 6.20 Å². The van der Waals surface area contributed by atoms with E-state index >= 15 is 0 Å². The lowest BCUT2D eigenvalue weighted by Crippen LogP contribution is -2.01. The Labute approximate surface area is 132 Å². The number of carboxylic acids is 1. The summed E-state index contributed by atoms with van der Waals surface area (Å²) >= 11 is 1.50. The second-order valence-electron chi connectivity index (χ2n) is 4.89. The van der Waals surface area contributed by atoms with Crippen LogP contribution in [0.3, 0.4) is 0 Å². The van der Waals surface area contributed by atoms with E-state index in [1.165, 1.54) is 11.3 Å². The van der Waals surface area contributed by atoms with Crippen LogP contribution in [0, 0.1) is 6.92 Å². The van der Waals surface area contributed by atoms with Crippen molar-refractivity contribution in [1.29, 1.82) is 0 Å². The van der Waals surface area contributed by atoms with E-state index in [1.807, 2.05) is 49.4 Å². The van der Waals surface area contributed by atoms with Gasteiger partial charge < -0.3 is 5.11 Å². The van der Waals surface area contributed by atoms with Gasteiger partial charge in [-0.3, -0.25) is 9.78 Å². The number of hydrogen-bond acceptors (Lipinski definition) is 4. The third-order valence-electron chi connectivity index (χ3n) is 3.29. The van der Waals surface area contributed by atoms with Gasteiger partial charge in [-0.15, -0.1) is 11.3 Å². The normalized spacial score (nSPS) is 10.6. The molecule has 0 aliphatic rings. The van der Waals surface area contributed by atoms with Gasteiger partial charge in [0.15, 0.2) is 0 Å². The number of rotatable bonds is 4. The molecular weight excluding hydrogens is 296 g/mol. The van der Waals surface area contributed by atoms with E-state index in [4.69, 9.17) is 5.11 Å². The Morgan fingerprint density at radius 1 is 1.14 bits per heavy atom. The first kappa shape index (κ1) is 14.4. The lowest BCUT2D eigenvalue weighted by molar-refractivity contribution is -0.136. The zero-order valence-electron chi connectivity index (χ0n) is 12.0. The Balaban J connectivity index is 1.89. The lowest BCUT2D eigenvalue weighted by atomic mass is 10.1. The standard InChI is InChI=1S/C17H14N2O2S/c1-11-15(9-16(20)21)19-17(22-11)13-7-8-14(18-10-13)12-5-3-2-4-6-12/h2-8,10H,9H2,1H3,(H,20,21). The van der Waals surface area contributed by atoms with Gasteiger partial charge in [0.1, 0.15) is 5.01 Å². The molecule has 0 amide bonds. The zero-order chi connectivity index (χ0) is 15.5. The molecule has 2 aromatic heterocycles. The molecule has 0 saturated heterocycles. The van der Waals surface area contributed by atoms with Crippen LogP contribution in [0.2, 0.25) is 0 Å². The Morgan fingerprint density at radius 3 is 2.55 bits per heavy atom. The Morgan fingerprint density at radius 2 is 1.91 bits per heavy atom. The number of thiazole rings is 1. The highest BCUT2D eigenvalue weighted by molar-refractivity contribution is 7.15. The molecule has 0 atom stereocenters. The summed E-state index contributed by atoms with van der Waals surface area (Å²) in [5, 5.41) is 9.69. The van der Waals surface area contributed by atoms with E-state index in [0.29, 0.717) is 5.69 Å². The SMILES string of the molecule is Cc1sc(-c2ccc(-c3ccccc3)nc2)nc1CC(=O)O. The summed E-state index contributed by atoms with van der Waals surface area (Å²) in [6.45, 7) is 1.89. The van der Waals surface area contributed by atoms with Gasteiger partial charge in [-0.2, -0.15) is 0 Å². The number of aryl methyl sites for hydroxylation is 1. The molecule has 3 rings (SSSR count). The van der Waals surface area contributed by atoms with E-state index < -0.39 is 5.97 Å². The van der Waals surface area contributed by atoms with Crippen molar-refractivity contribution in [1.82, 2.24) is 9.97 Å². The molecule has 110 valence electrons. The van der Waals surface area contributed by atoms with Crippen molar-refractivity contribution >= 4 is 17.3 Å². The molecule has 0 fully saturated rings. The predicted molar refractivity (Wildman–Crippen MR) is 86.9 cm³/mol. The Hall–Kier alpha value is -2.53. The van der Waals surface area contributed by atoms with Crippen LogP contribution in [-0.2, 0) is 11.2 Å². The predicted octanol–water partition coefficient (Wildman–Crippen LogP) is 3.81. The van der Waals surface area contributed by atoms with Gasteiger partial charge >= 0.3 is 5.97 Å². The van der Waals surface area contributed by atoms with Gasteiger partial charge in [0.05, 0.1) is 17.8 Å². The minimum atomic E-state index is -0.863. The highest BCUT2D eigenvalue weighted by Crippen LogP contribution is 2.28. The minimum absolute atomic E-state index is 0.0438. The highest BCUT2D eigenvalue weighted by Gasteiger charge is 2.12. The molecule has 4 nitrogen and oxygen atoms in total. The maximum Gasteiger partial charge on any atom is 0.309 e. The number of carboxylic acid groups (broad SMARTS) is 1. The van der Waals surface area contributed by atoms with E-state index in [2.05, 4.69) is 9.97 Å². The topological polar surface area (TPSA) is 63.1 Å². The summed E-state index contributed by atoms with van der Waals surface area (Å²) in [4.78, 5) is 20.7.